The molecule has 0 aliphatic heterocycles. The lowest BCUT2D eigenvalue weighted by Gasteiger charge is -2.15. The van der Waals surface area contributed by atoms with Crippen LogP contribution in [0.2, 0.25) is 0 Å². The van der Waals surface area contributed by atoms with Gasteiger partial charge in [0.05, 0.1) is 24.3 Å². The quantitative estimate of drug-likeness (QED) is 0.820. The first-order valence-corrected chi connectivity index (χ1v) is 4.94. The number of amides is 1. The molecule has 1 amide bonds. The van der Waals surface area contributed by atoms with Crippen molar-refractivity contribution in [1.82, 2.24) is 15.0 Å². The van der Waals surface area contributed by atoms with Gasteiger partial charge in [-0.3, -0.25) is 14.8 Å². The molecule has 0 unspecified atom stereocenters. The normalized spacial score (nSPS) is 9.94. The molecule has 0 aliphatic carbocycles. The number of carbonyl (C=O) groups is 1. The van der Waals surface area contributed by atoms with Crippen molar-refractivity contribution >= 4 is 17.4 Å². The average molecular weight is 229 g/mol. The van der Waals surface area contributed by atoms with E-state index in [2.05, 4.69) is 15.0 Å². The van der Waals surface area contributed by atoms with Gasteiger partial charge in [0.1, 0.15) is 11.5 Å². The lowest BCUT2D eigenvalue weighted by atomic mass is 10.3. The lowest BCUT2D eigenvalue weighted by molar-refractivity contribution is 0.0988. The number of aromatic nitrogens is 3. The molecule has 6 heteroatoms. The zero-order chi connectivity index (χ0) is 12.3. The van der Waals surface area contributed by atoms with Crippen LogP contribution in [0.3, 0.4) is 0 Å². The van der Waals surface area contributed by atoms with E-state index >= 15 is 0 Å². The third-order valence-corrected chi connectivity index (χ3v) is 2.21. The van der Waals surface area contributed by atoms with Gasteiger partial charge in [-0.15, -0.1) is 0 Å². The molecule has 2 heterocycles. The second-order valence-electron chi connectivity index (χ2n) is 3.40. The predicted molar refractivity (Wildman–Crippen MR) is 63.4 cm³/mol. The SMILES string of the molecule is CN(C(=O)c1cncc(N)n1)c1cccnc1. The standard InChI is InChI=1S/C11H11N5O/c1-16(8-3-2-4-13-5-8)11(17)9-6-14-7-10(12)15-9/h2-7H,1H3,(H2,12,15). The van der Waals surface area contributed by atoms with Crippen LogP contribution in [0.5, 0.6) is 0 Å². The minimum Gasteiger partial charge on any atom is -0.382 e. The fourth-order valence-electron chi connectivity index (χ4n) is 1.33. The maximum Gasteiger partial charge on any atom is 0.278 e. The molecule has 86 valence electrons. The van der Waals surface area contributed by atoms with E-state index in [0.29, 0.717) is 5.69 Å². The highest BCUT2D eigenvalue weighted by Gasteiger charge is 2.15. The summed E-state index contributed by atoms with van der Waals surface area (Å²) in [4.78, 5) is 25.2. The van der Waals surface area contributed by atoms with E-state index in [1.807, 2.05) is 0 Å². The summed E-state index contributed by atoms with van der Waals surface area (Å²) >= 11 is 0. The van der Waals surface area contributed by atoms with Gasteiger partial charge in [-0.05, 0) is 12.1 Å². The highest BCUT2D eigenvalue weighted by atomic mass is 16.2. The van der Waals surface area contributed by atoms with Crippen LogP contribution < -0.4 is 10.6 Å². The second-order valence-corrected chi connectivity index (χ2v) is 3.40. The Labute approximate surface area is 98.1 Å². The summed E-state index contributed by atoms with van der Waals surface area (Å²) in [5, 5.41) is 0. The highest BCUT2D eigenvalue weighted by Crippen LogP contribution is 2.12. The molecule has 0 saturated carbocycles. The zero-order valence-corrected chi connectivity index (χ0v) is 9.24. The van der Waals surface area contributed by atoms with E-state index in [0.717, 1.165) is 0 Å². The number of nitrogen functional groups attached to an aromatic ring is 1. The van der Waals surface area contributed by atoms with E-state index in [-0.39, 0.29) is 17.4 Å². The molecule has 6 nitrogen and oxygen atoms in total. The second kappa shape index (κ2) is 4.56. The molecule has 2 aromatic rings. The van der Waals surface area contributed by atoms with Crippen molar-refractivity contribution in [2.45, 2.75) is 0 Å². The van der Waals surface area contributed by atoms with Crippen molar-refractivity contribution in [2.75, 3.05) is 17.7 Å². The molecule has 2 rings (SSSR count). The number of hydrogen-bond donors (Lipinski definition) is 1. The van der Waals surface area contributed by atoms with Crippen LogP contribution in [0.25, 0.3) is 0 Å². The van der Waals surface area contributed by atoms with Gasteiger partial charge in [0.15, 0.2) is 0 Å². The number of hydrogen-bond acceptors (Lipinski definition) is 5. The topological polar surface area (TPSA) is 85.0 Å². The Morgan fingerprint density at radius 2 is 2.12 bits per heavy atom. The van der Waals surface area contributed by atoms with Gasteiger partial charge in [0.25, 0.3) is 5.91 Å². The zero-order valence-electron chi connectivity index (χ0n) is 9.24. The van der Waals surface area contributed by atoms with Gasteiger partial charge in [-0.25, -0.2) is 4.98 Å². The van der Waals surface area contributed by atoms with Crippen molar-refractivity contribution in [2.24, 2.45) is 0 Å². The molecule has 0 saturated heterocycles. The number of nitrogens with two attached hydrogens (primary N) is 1. The minimum atomic E-state index is -0.280. The Morgan fingerprint density at radius 3 is 2.76 bits per heavy atom. The number of anilines is 2. The summed E-state index contributed by atoms with van der Waals surface area (Å²) in [5.41, 5.74) is 6.37. The summed E-state index contributed by atoms with van der Waals surface area (Å²) in [6.07, 6.45) is 6.01. The van der Waals surface area contributed by atoms with Crippen LogP contribution in [-0.2, 0) is 0 Å². The lowest BCUT2D eigenvalue weighted by Crippen LogP contribution is -2.27. The molecule has 2 N–H and O–H groups in total. The first-order chi connectivity index (χ1) is 8.18. The summed E-state index contributed by atoms with van der Waals surface area (Å²) < 4.78 is 0. The predicted octanol–water partition coefficient (Wildman–Crippen LogP) is 0.730. The van der Waals surface area contributed by atoms with Crippen molar-refractivity contribution in [3.8, 4) is 0 Å². The molecule has 2 aromatic heterocycles. The average Bonchev–Trinajstić information content (AvgIpc) is 2.38. The van der Waals surface area contributed by atoms with E-state index in [9.17, 15) is 4.79 Å². The van der Waals surface area contributed by atoms with Crippen LogP contribution in [0, 0.1) is 0 Å². The maximum atomic E-state index is 12.0. The first kappa shape index (κ1) is 11.0. The Kier molecular flexibility index (Phi) is 2.95. The third kappa shape index (κ3) is 2.36. The molecule has 0 spiro atoms. The maximum absolute atomic E-state index is 12.0. The van der Waals surface area contributed by atoms with Crippen LogP contribution >= 0.6 is 0 Å². The van der Waals surface area contributed by atoms with E-state index in [1.165, 1.54) is 17.3 Å². The molecule has 0 aliphatic rings. The molecule has 0 aromatic carbocycles. The van der Waals surface area contributed by atoms with Crippen molar-refractivity contribution < 1.29 is 4.79 Å². The molecule has 0 atom stereocenters. The Balaban J connectivity index is 2.27. The van der Waals surface area contributed by atoms with Crippen LogP contribution in [0.15, 0.2) is 36.9 Å². The summed E-state index contributed by atoms with van der Waals surface area (Å²) in [7, 11) is 1.64. The molecule has 0 bridgehead atoms. The van der Waals surface area contributed by atoms with Crippen LogP contribution in [0.4, 0.5) is 11.5 Å². The largest absolute Gasteiger partial charge is 0.382 e. The van der Waals surface area contributed by atoms with E-state index < -0.39 is 0 Å². The van der Waals surface area contributed by atoms with Gasteiger partial charge in [0, 0.05) is 13.2 Å². The third-order valence-electron chi connectivity index (χ3n) is 2.21. The minimum absolute atomic E-state index is 0.205. The van der Waals surface area contributed by atoms with Gasteiger partial charge in [-0.1, -0.05) is 0 Å². The number of nitrogens with zero attached hydrogens (tertiary/aromatic N) is 4. The molecule has 0 fully saturated rings. The summed E-state index contributed by atoms with van der Waals surface area (Å²) in [5.74, 6) is -0.0618. The Morgan fingerprint density at radius 1 is 1.29 bits per heavy atom. The Hall–Kier alpha value is -2.50. The Bertz CT molecular complexity index is 528. The van der Waals surface area contributed by atoms with Gasteiger partial charge in [-0.2, -0.15) is 0 Å². The van der Waals surface area contributed by atoms with E-state index in [4.69, 9.17) is 5.73 Å². The highest BCUT2D eigenvalue weighted by molar-refractivity contribution is 6.04. The van der Waals surface area contributed by atoms with Crippen LogP contribution in [0.1, 0.15) is 10.5 Å². The fourth-order valence-corrected chi connectivity index (χ4v) is 1.33. The number of pyridine rings is 1. The summed E-state index contributed by atoms with van der Waals surface area (Å²) in [6.45, 7) is 0. The van der Waals surface area contributed by atoms with Crippen molar-refractivity contribution in [1.29, 1.82) is 0 Å². The van der Waals surface area contributed by atoms with Crippen molar-refractivity contribution in [3.63, 3.8) is 0 Å². The van der Waals surface area contributed by atoms with Gasteiger partial charge >= 0.3 is 0 Å². The van der Waals surface area contributed by atoms with Crippen LogP contribution in [-0.4, -0.2) is 27.9 Å². The molecular weight excluding hydrogens is 218 g/mol. The molecular formula is C11H11N5O. The van der Waals surface area contributed by atoms with Gasteiger partial charge < -0.3 is 10.6 Å². The fraction of sp³-hybridized carbons (Fsp3) is 0.0909. The first-order valence-electron chi connectivity index (χ1n) is 4.94. The van der Waals surface area contributed by atoms with Crippen molar-refractivity contribution in [3.05, 3.63) is 42.6 Å². The number of carbonyl (C=O) groups excluding carboxylic acids is 1. The summed E-state index contributed by atoms with van der Waals surface area (Å²) in [6, 6.07) is 3.54. The monoisotopic (exact) mass is 229 g/mol. The number of rotatable bonds is 2. The van der Waals surface area contributed by atoms with Gasteiger partial charge in [0.2, 0.25) is 0 Å². The smallest absolute Gasteiger partial charge is 0.278 e. The van der Waals surface area contributed by atoms with E-state index in [1.54, 1.807) is 31.6 Å². The molecule has 0 radical (unpaired) electrons. The molecule has 17 heavy (non-hydrogen) atoms.